The number of aryl methyl sites for hydroxylation is 2. The van der Waals surface area contributed by atoms with E-state index in [-0.39, 0.29) is 23.6 Å². The number of benzene rings is 2. The van der Waals surface area contributed by atoms with E-state index >= 15 is 0 Å². The third-order valence-electron chi connectivity index (χ3n) is 5.55. The van der Waals surface area contributed by atoms with Gasteiger partial charge in [0.05, 0.1) is 12.1 Å². The summed E-state index contributed by atoms with van der Waals surface area (Å²) in [6.07, 6.45) is 1.63. The quantitative estimate of drug-likeness (QED) is 0.809. The van der Waals surface area contributed by atoms with E-state index in [0.717, 1.165) is 18.5 Å². The van der Waals surface area contributed by atoms with Gasteiger partial charge >= 0.3 is 0 Å². The summed E-state index contributed by atoms with van der Waals surface area (Å²) in [7, 11) is 0. The smallest absolute Gasteiger partial charge is 0.254 e. The number of nitrogens with zero attached hydrogens (tertiary/aromatic N) is 1. The number of hydrogen-bond donors (Lipinski definition) is 2. The van der Waals surface area contributed by atoms with Crippen molar-refractivity contribution in [3.05, 3.63) is 65.0 Å². The van der Waals surface area contributed by atoms with Crippen LogP contribution in [-0.2, 0) is 4.79 Å². The highest BCUT2D eigenvalue weighted by atomic mass is 19.1. The molecule has 0 radical (unpaired) electrons. The molecular weight excluding hydrogens is 369 g/mol. The molecule has 1 aliphatic heterocycles. The SMILES string of the molecule is Cc1ccc(NC2(C)CCN(C(=O)CNC(=O)c3cccc(C)c3F)CC2)cc1. The molecule has 0 atom stereocenters. The number of rotatable bonds is 5. The lowest BCUT2D eigenvalue weighted by Gasteiger charge is -2.40. The Bertz CT molecular complexity index is 887. The number of halogens is 1. The van der Waals surface area contributed by atoms with Crippen LogP contribution in [0.3, 0.4) is 0 Å². The normalized spacial score (nSPS) is 15.7. The van der Waals surface area contributed by atoms with Gasteiger partial charge in [0.25, 0.3) is 5.91 Å². The highest BCUT2D eigenvalue weighted by Gasteiger charge is 2.31. The lowest BCUT2D eigenvalue weighted by atomic mass is 9.89. The van der Waals surface area contributed by atoms with Gasteiger partial charge in [0.1, 0.15) is 5.82 Å². The molecule has 1 fully saturated rings. The molecule has 2 N–H and O–H groups in total. The van der Waals surface area contributed by atoms with Crippen molar-refractivity contribution in [3.63, 3.8) is 0 Å². The Labute approximate surface area is 171 Å². The third-order valence-corrected chi connectivity index (χ3v) is 5.55. The predicted octanol–water partition coefficient (Wildman–Crippen LogP) is 3.67. The van der Waals surface area contributed by atoms with Gasteiger partial charge in [-0.1, -0.05) is 29.8 Å². The number of anilines is 1. The molecule has 0 spiro atoms. The lowest BCUT2D eigenvalue weighted by molar-refractivity contribution is -0.131. The second-order valence-electron chi connectivity index (χ2n) is 8.05. The van der Waals surface area contributed by atoms with Crippen LogP contribution in [0.2, 0.25) is 0 Å². The van der Waals surface area contributed by atoms with Gasteiger partial charge in [-0.3, -0.25) is 9.59 Å². The van der Waals surface area contributed by atoms with E-state index in [0.29, 0.717) is 18.7 Å². The molecule has 0 saturated carbocycles. The van der Waals surface area contributed by atoms with Gasteiger partial charge in [-0.15, -0.1) is 0 Å². The highest BCUT2D eigenvalue weighted by molar-refractivity contribution is 5.96. The Balaban J connectivity index is 1.50. The van der Waals surface area contributed by atoms with Crippen LogP contribution in [0.5, 0.6) is 0 Å². The molecule has 0 bridgehead atoms. The minimum Gasteiger partial charge on any atom is -0.380 e. The number of nitrogens with one attached hydrogen (secondary N) is 2. The second-order valence-corrected chi connectivity index (χ2v) is 8.05. The van der Waals surface area contributed by atoms with Crippen molar-refractivity contribution in [2.75, 3.05) is 25.0 Å². The number of piperidine rings is 1. The maximum absolute atomic E-state index is 14.1. The summed E-state index contributed by atoms with van der Waals surface area (Å²) in [5, 5.41) is 6.12. The number of amides is 2. The average Bonchev–Trinajstić information content (AvgIpc) is 2.70. The summed E-state index contributed by atoms with van der Waals surface area (Å²) in [4.78, 5) is 26.4. The molecule has 1 saturated heterocycles. The molecule has 29 heavy (non-hydrogen) atoms. The number of hydrogen-bond acceptors (Lipinski definition) is 3. The molecule has 0 aromatic heterocycles. The van der Waals surface area contributed by atoms with E-state index in [1.165, 1.54) is 11.6 Å². The first-order valence-electron chi connectivity index (χ1n) is 9.93. The summed E-state index contributed by atoms with van der Waals surface area (Å²) in [5.74, 6) is -1.26. The summed E-state index contributed by atoms with van der Waals surface area (Å²) in [6.45, 7) is 6.92. The van der Waals surface area contributed by atoms with Crippen LogP contribution < -0.4 is 10.6 Å². The molecular formula is C23H28FN3O2. The van der Waals surface area contributed by atoms with E-state index < -0.39 is 11.7 Å². The average molecular weight is 397 g/mol. The zero-order valence-electron chi connectivity index (χ0n) is 17.2. The fourth-order valence-corrected chi connectivity index (χ4v) is 3.55. The van der Waals surface area contributed by atoms with Crippen molar-refractivity contribution in [1.29, 1.82) is 0 Å². The van der Waals surface area contributed by atoms with Crippen molar-refractivity contribution in [2.45, 2.75) is 39.2 Å². The van der Waals surface area contributed by atoms with Gasteiger partial charge in [0, 0.05) is 24.3 Å². The van der Waals surface area contributed by atoms with Crippen molar-refractivity contribution in [1.82, 2.24) is 10.2 Å². The summed E-state index contributed by atoms with van der Waals surface area (Å²) in [6, 6.07) is 12.9. The molecule has 0 aliphatic carbocycles. The van der Waals surface area contributed by atoms with Crippen LogP contribution in [0.1, 0.15) is 41.3 Å². The number of carbonyl (C=O) groups excluding carboxylic acids is 2. The van der Waals surface area contributed by atoms with Crippen molar-refractivity contribution in [2.24, 2.45) is 0 Å². The van der Waals surface area contributed by atoms with E-state index in [4.69, 9.17) is 0 Å². The minimum absolute atomic E-state index is 0.0358. The van der Waals surface area contributed by atoms with Crippen LogP contribution in [-0.4, -0.2) is 41.9 Å². The maximum Gasteiger partial charge on any atom is 0.254 e. The van der Waals surface area contributed by atoms with E-state index in [1.54, 1.807) is 24.0 Å². The molecule has 3 rings (SSSR count). The van der Waals surface area contributed by atoms with Gasteiger partial charge in [-0.2, -0.15) is 0 Å². The molecule has 1 heterocycles. The molecule has 2 aromatic carbocycles. The van der Waals surface area contributed by atoms with Gasteiger partial charge in [0.15, 0.2) is 0 Å². The van der Waals surface area contributed by atoms with Crippen molar-refractivity contribution >= 4 is 17.5 Å². The number of likely N-dealkylation sites (tertiary alicyclic amines) is 1. The standard InChI is InChI=1S/C23H28FN3O2/c1-16-7-9-18(10-8-16)26-23(3)11-13-27(14-12-23)20(28)15-25-22(29)19-6-4-5-17(2)21(19)24/h4-10,26H,11-15H2,1-3H3,(H,25,29). The molecule has 2 amide bonds. The van der Waals surface area contributed by atoms with Crippen LogP contribution in [0.4, 0.5) is 10.1 Å². The third kappa shape index (κ3) is 5.13. The Morgan fingerprint density at radius 1 is 1.07 bits per heavy atom. The van der Waals surface area contributed by atoms with Gasteiger partial charge in [-0.25, -0.2) is 4.39 Å². The Hall–Kier alpha value is -2.89. The van der Waals surface area contributed by atoms with Gasteiger partial charge < -0.3 is 15.5 Å². The summed E-state index contributed by atoms with van der Waals surface area (Å²) >= 11 is 0. The first-order chi connectivity index (χ1) is 13.8. The summed E-state index contributed by atoms with van der Waals surface area (Å²) < 4.78 is 14.1. The van der Waals surface area contributed by atoms with Crippen LogP contribution in [0.25, 0.3) is 0 Å². The van der Waals surface area contributed by atoms with E-state index in [2.05, 4.69) is 48.7 Å². The lowest BCUT2D eigenvalue weighted by Crippen LogP contribution is -2.51. The topological polar surface area (TPSA) is 61.4 Å². The Morgan fingerprint density at radius 3 is 2.38 bits per heavy atom. The second kappa shape index (κ2) is 8.64. The Morgan fingerprint density at radius 2 is 1.72 bits per heavy atom. The van der Waals surface area contributed by atoms with Crippen LogP contribution in [0.15, 0.2) is 42.5 Å². The van der Waals surface area contributed by atoms with Crippen LogP contribution >= 0.6 is 0 Å². The first-order valence-corrected chi connectivity index (χ1v) is 9.93. The monoisotopic (exact) mass is 397 g/mol. The molecule has 1 aliphatic rings. The largest absolute Gasteiger partial charge is 0.380 e. The van der Waals surface area contributed by atoms with Crippen molar-refractivity contribution in [3.8, 4) is 0 Å². The fraction of sp³-hybridized carbons (Fsp3) is 0.391. The van der Waals surface area contributed by atoms with Gasteiger partial charge in [-0.05, 0) is 57.4 Å². The van der Waals surface area contributed by atoms with Gasteiger partial charge in [0.2, 0.25) is 5.91 Å². The van der Waals surface area contributed by atoms with Crippen LogP contribution in [0, 0.1) is 19.7 Å². The highest BCUT2D eigenvalue weighted by Crippen LogP contribution is 2.26. The first kappa shape index (κ1) is 20.8. The maximum atomic E-state index is 14.1. The molecule has 0 unspecified atom stereocenters. The zero-order valence-corrected chi connectivity index (χ0v) is 17.2. The molecule has 6 heteroatoms. The summed E-state index contributed by atoms with van der Waals surface area (Å²) in [5.41, 5.74) is 2.57. The number of carbonyl (C=O) groups is 2. The zero-order chi connectivity index (χ0) is 21.0. The minimum atomic E-state index is -0.567. The van der Waals surface area contributed by atoms with E-state index in [9.17, 15) is 14.0 Å². The molecule has 5 nitrogen and oxygen atoms in total. The van der Waals surface area contributed by atoms with Crippen molar-refractivity contribution < 1.29 is 14.0 Å². The van der Waals surface area contributed by atoms with E-state index in [1.807, 2.05) is 0 Å². The Kier molecular flexibility index (Phi) is 6.20. The fourth-order valence-electron chi connectivity index (χ4n) is 3.55. The predicted molar refractivity (Wildman–Crippen MR) is 112 cm³/mol. The molecule has 2 aromatic rings. The molecule has 154 valence electrons.